The average Bonchev–Trinajstić information content (AvgIpc) is 2.46. The highest BCUT2D eigenvalue weighted by molar-refractivity contribution is 5.29. The van der Waals surface area contributed by atoms with Gasteiger partial charge in [-0.25, -0.2) is 0 Å². The highest BCUT2D eigenvalue weighted by atomic mass is 14.7. The van der Waals surface area contributed by atoms with Gasteiger partial charge in [0.05, 0.1) is 0 Å². The molecule has 0 aliphatic heterocycles. The van der Waals surface area contributed by atoms with E-state index in [2.05, 4.69) is 50.0 Å². The van der Waals surface area contributed by atoms with Crippen molar-refractivity contribution in [2.75, 3.05) is 0 Å². The van der Waals surface area contributed by atoms with E-state index in [4.69, 9.17) is 5.73 Å². The van der Waals surface area contributed by atoms with Gasteiger partial charge in [-0.05, 0) is 29.2 Å². The second kappa shape index (κ2) is 5.98. The van der Waals surface area contributed by atoms with E-state index in [9.17, 15) is 0 Å². The summed E-state index contributed by atoms with van der Waals surface area (Å²) in [6, 6.07) is 14.6. The van der Waals surface area contributed by atoms with Crippen LogP contribution in [0.25, 0.3) is 0 Å². The van der Waals surface area contributed by atoms with Crippen molar-refractivity contribution in [1.29, 1.82) is 0 Å². The Kier molecular flexibility index (Phi) is 4.33. The second-order valence-corrected chi connectivity index (χ2v) is 5.39. The van der Waals surface area contributed by atoms with Gasteiger partial charge in [-0.2, -0.15) is 0 Å². The van der Waals surface area contributed by atoms with Gasteiger partial charge < -0.3 is 5.73 Å². The minimum absolute atomic E-state index is 0.0175. The summed E-state index contributed by atoms with van der Waals surface area (Å²) in [6.07, 6.45) is 1.82. The van der Waals surface area contributed by atoms with Crippen molar-refractivity contribution in [2.24, 2.45) is 5.73 Å². The monoisotopic (exact) mass is 254 g/mol. The van der Waals surface area contributed by atoms with Crippen molar-refractivity contribution < 1.29 is 0 Å². The average molecular weight is 254 g/mol. The van der Waals surface area contributed by atoms with Gasteiger partial charge in [0.2, 0.25) is 0 Å². The van der Waals surface area contributed by atoms with Crippen LogP contribution in [0.2, 0.25) is 0 Å². The Bertz CT molecular complexity index is 503. The molecule has 2 atom stereocenters. The van der Waals surface area contributed by atoms with Crippen molar-refractivity contribution in [3.05, 3.63) is 65.5 Å². The van der Waals surface area contributed by atoms with E-state index in [1.807, 2.05) is 24.4 Å². The molecule has 1 aromatic heterocycles. The van der Waals surface area contributed by atoms with Gasteiger partial charge in [-0.3, -0.25) is 4.98 Å². The number of nitrogens with zero attached hydrogens (tertiary/aromatic N) is 1. The summed E-state index contributed by atoms with van der Waals surface area (Å²) in [4.78, 5) is 4.39. The summed E-state index contributed by atoms with van der Waals surface area (Å²) in [7, 11) is 0. The SMILES string of the molecule is CC(C)c1ccc(C(N)C(C)c2ccccn2)cc1. The standard InChI is InChI=1S/C17H22N2/c1-12(2)14-7-9-15(10-8-14)17(18)13(3)16-6-4-5-11-19-16/h4-13,17H,18H2,1-3H3. The van der Waals surface area contributed by atoms with E-state index in [1.165, 1.54) is 11.1 Å². The van der Waals surface area contributed by atoms with Crippen LogP contribution in [0.15, 0.2) is 48.7 Å². The maximum atomic E-state index is 6.36. The Morgan fingerprint density at radius 3 is 2.05 bits per heavy atom. The smallest absolute Gasteiger partial charge is 0.0450 e. The van der Waals surface area contributed by atoms with Gasteiger partial charge in [0.25, 0.3) is 0 Å². The minimum atomic E-state index is -0.0175. The molecule has 100 valence electrons. The molecule has 19 heavy (non-hydrogen) atoms. The molecule has 1 heterocycles. The molecule has 0 fully saturated rings. The van der Waals surface area contributed by atoms with Gasteiger partial charge in [-0.1, -0.05) is 51.1 Å². The van der Waals surface area contributed by atoms with Crippen LogP contribution in [0.3, 0.4) is 0 Å². The first kappa shape index (κ1) is 13.8. The molecule has 0 amide bonds. The molecule has 2 nitrogen and oxygen atoms in total. The molecule has 2 heteroatoms. The first-order valence-electron chi connectivity index (χ1n) is 6.86. The largest absolute Gasteiger partial charge is 0.323 e. The molecule has 2 aromatic rings. The molecule has 0 saturated carbocycles. The number of benzene rings is 1. The van der Waals surface area contributed by atoms with Crippen molar-refractivity contribution in [3.8, 4) is 0 Å². The van der Waals surface area contributed by atoms with Crippen LogP contribution in [0.1, 0.15) is 55.5 Å². The first-order chi connectivity index (χ1) is 9.09. The molecule has 0 radical (unpaired) electrons. The summed E-state index contributed by atoms with van der Waals surface area (Å²) in [5.41, 5.74) is 9.92. The van der Waals surface area contributed by atoms with Crippen LogP contribution in [0.5, 0.6) is 0 Å². The van der Waals surface area contributed by atoms with Crippen molar-refractivity contribution in [3.63, 3.8) is 0 Å². The summed E-state index contributed by atoms with van der Waals surface area (Å²) in [5.74, 6) is 0.768. The van der Waals surface area contributed by atoms with Crippen LogP contribution in [0.4, 0.5) is 0 Å². The van der Waals surface area contributed by atoms with Gasteiger partial charge in [0, 0.05) is 23.9 Å². The van der Waals surface area contributed by atoms with E-state index in [0.29, 0.717) is 5.92 Å². The van der Waals surface area contributed by atoms with Gasteiger partial charge in [-0.15, -0.1) is 0 Å². The number of rotatable bonds is 4. The van der Waals surface area contributed by atoms with Crippen LogP contribution in [0, 0.1) is 0 Å². The Balaban J connectivity index is 2.17. The lowest BCUT2D eigenvalue weighted by atomic mass is 9.91. The molecular weight excluding hydrogens is 232 g/mol. The van der Waals surface area contributed by atoms with E-state index >= 15 is 0 Å². The highest BCUT2D eigenvalue weighted by Gasteiger charge is 2.17. The Morgan fingerprint density at radius 1 is 0.895 bits per heavy atom. The molecule has 0 aliphatic rings. The number of hydrogen-bond donors (Lipinski definition) is 1. The Hall–Kier alpha value is -1.67. The third kappa shape index (κ3) is 3.21. The van der Waals surface area contributed by atoms with Crippen molar-refractivity contribution >= 4 is 0 Å². The third-order valence-corrected chi connectivity index (χ3v) is 3.68. The summed E-state index contributed by atoms with van der Waals surface area (Å²) < 4.78 is 0. The van der Waals surface area contributed by atoms with Crippen molar-refractivity contribution in [2.45, 2.75) is 38.6 Å². The lowest BCUT2D eigenvalue weighted by Gasteiger charge is -2.20. The van der Waals surface area contributed by atoms with Crippen LogP contribution < -0.4 is 5.73 Å². The van der Waals surface area contributed by atoms with Gasteiger partial charge >= 0.3 is 0 Å². The fraction of sp³-hybridized carbons (Fsp3) is 0.353. The highest BCUT2D eigenvalue weighted by Crippen LogP contribution is 2.28. The van der Waals surface area contributed by atoms with Gasteiger partial charge in [0.15, 0.2) is 0 Å². The fourth-order valence-corrected chi connectivity index (χ4v) is 2.22. The number of aromatic nitrogens is 1. The van der Waals surface area contributed by atoms with Crippen LogP contribution in [-0.2, 0) is 0 Å². The molecule has 2 N–H and O–H groups in total. The maximum Gasteiger partial charge on any atom is 0.0450 e. The number of pyridine rings is 1. The maximum absolute atomic E-state index is 6.36. The quantitative estimate of drug-likeness (QED) is 0.895. The Labute approximate surface area is 115 Å². The minimum Gasteiger partial charge on any atom is -0.323 e. The lowest BCUT2D eigenvalue weighted by Crippen LogP contribution is -2.18. The van der Waals surface area contributed by atoms with Crippen LogP contribution >= 0.6 is 0 Å². The van der Waals surface area contributed by atoms with Crippen LogP contribution in [-0.4, -0.2) is 4.98 Å². The predicted molar refractivity (Wildman–Crippen MR) is 80.1 cm³/mol. The lowest BCUT2D eigenvalue weighted by molar-refractivity contribution is 0.583. The van der Waals surface area contributed by atoms with E-state index < -0.39 is 0 Å². The predicted octanol–water partition coefficient (Wildman–Crippen LogP) is 4.01. The fourth-order valence-electron chi connectivity index (χ4n) is 2.22. The number of nitrogens with two attached hydrogens (primary N) is 1. The second-order valence-electron chi connectivity index (χ2n) is 5.39. The summed E-state index contributed by atoms with van der Waals surface area (Å²) in [6.45, 7) is 6.53. The normalized spacial score (nSPS) is 14.4. The molecule has 0 spiro atoms. The summed E-state index contributed by atoms with van der Waals surface area (Å²) >= 11 is 0. The first-order valence-corrected chi connectivity index (χ1v) is 6.86. The molecule has 2 unspecified atom stereocenters. The van der Waals surface area contributed by atoms with E-state index in [0.717, 1.165) is 5.69 Å². The summed E-state index contributed by atoms with van der Waals surface area (Å²) in [5, 5.41) is 0. The third-order valence-electron chi connectivity index (χ3n) is 3.68. The van der Waals surface area contributed by atoms with Gasteiger partial charge in [0.1, 0.15) is 0 Å². The zero-order valence-corrected chi connectivity index (χ0v) is 11.9. The van der Waals surface area contributed by atoms with E-state index in [1.54, 1.807) is 0 Å². The van der Waals surface area contributed by atoms with Crippen molar-refractivity contribution in [1.82, 2.24) is 4.98 Å². The zero-order chi connectivity index (χ0) is 13.8. The molecular formula is C17H22N2. The molecule has 0 bridgehead atoms. The zero-order valence-electron chi connectivity index (χ0n) is 11.9. The number of hydrogen-bond acceptors (Lipinski definition) is 2. The molecule has 0 saturated heterocycles. The Morgan fingerprint density at radius 2 is 1.53 bits per heavy atom. The molecule has 1 aromatic carbocycles. The molecule has 2 rings (SSSR count). The van der Waals surface area contributed by atoms with E-state index in [-0.39, 0.29) is 12.0 Å². The molecule has 0 aliphatic carbocycles. The topological polar surface area (TPSA) is 38.9 Å².